The van der Waals surface area contributed by atoms with Crippen molar-refractivity contribution in [3.63, 3.8) is 0 Å². The molecule has 0 radical (unpaired) electrons. The Morgan fingerprint density at radius 1 is 1.33 bits per heavy atom. The summed E-state index contributed by atoms with van der Waals surface area (Å²) in [5.74, 6) is -0.175. The summed E-state index contributed by atoms with van der Waals surface area (Å²) >= 11 is 0. The molecule has 0 heterocycles. The van der Waals surface area contributed by atoms with E-state index >= 15 is 0 Å². The summed E-state index contributed by atoms with van der Waals surface area (Å²) in [6.07, 6.45) is 4.14. The number of benzene rings is 1. The van der Waals surface area contributed by atoms with E-state index < -0.39 is 0 Å². The highest BCUT2D eigenvalue weighted by Crippen LogP contribution is 2.27. The van der Waals surface area contributed by atoms with Gasteiger partial charge in [-0.2, -0.15) is 0 Å². The molecule has 3 nitrogen and oxygen atoms in total. The van der Waals surface area contributed by atoms with Crippen LogP contribution < -0.4 is 11.1 Å². The Bertz CT molecular complexity index is 403. The highest BCUT2D eigenvalue weighted by molar-refractivity contribution is 5.34. The Balaban J connectivity index is 1.98. The Morgan fingerprint density at radius 2 is 2.00 bits per heavy atom. The average Bonchev–Trinajstić information content (AvgIpc) is 2.35. The number of rotatable bonds is 3. The van der Waals surface area contributed by atoms with E-state index in [1.807, 2.05) is 6.92 Å². The number of hydrogen-bond acceptors (Lipinski definition) is 3. The molecule has 100 valence electrons. The standard InChI is InChI=1S/C14H21FN2O/c1-9(13-8-10(15)2-7-14(13)18)17-12-5-3-11(16)4-6-12/h2,7-9,11-12,17-18H,3-6,16H2,1H3. The van der Waals surface area contributed by atoms with E-state index in [1.54, 1.807) is 0 Å². The number of halogens is 1. The molecular formula is C14H21FN2O. The van der Waals surface area contributed by atoms with E-state index in [0.717, 1.165) is 25.7 Å². The SMILES string of the molecule is CC(NC1CCC(N)CC1)c1cc(F)ccc1O. The van der Waals surface area contributed by atoms with Crippen LogP contribution in [0.2, 0.25) is 0 Å². The van der Waals surface area contributed by atoms with E-state index in [-0.39, 0.29) is 17.6 Å². The van der Waals surface area contributed by atoms with Crippen LogP contribution in [0.15, 0.2) is 18.2 Å². The van der Waals surface area contributed by atoms with Crippen molar-refractivity contribution in [3.05, 3.63) is 29.6 Å². The molecule has 1 fully saturated rings. The fourth-order valence-electron chi connectivity index (χ4n) is 2.60. The third kappa shape index (κ3) is 3.21. The second kappa shape index (κ2) is 5.67. The fourth-order valence-corrected chi connectivity index (χ4v) is 2.60. The van der Waals surface area contributed by atoms with Crippen LogP contribution >= 0.6 is 0 Å². The van der Waals surface area contributed by atoms with Crippen LogP contribution in [-0.2, 0) is 0 Å². The average molecular weight is 252 g/mol. The third-order valence-corrected chi connectivity index (χ3v) is 3.71. The molecule has 0 aromatic heterocycles. The summed E-state index contributed by atoms with van der Waals surface area (Å²) in [7, 11) is 0. The number of nitrogens with two attached hydrogens (primary N) is 1. The lowest BCUT2D eigenvalue weighted by Crippen LogP contribution is -2.38. The van der Waals surface area contributed by atoms with Crippen molar-refractivity contribution in [2.75, 3.05) is 0 Å². The van der Waals surface area contributed by atoms with Crippen LogP contribution in [0.4, 0.5) is 4.39 Å². The molecule has 4 heteroatoms. The Kier molecular flexibility index (Phi) is 4.19. The molecule has 1 aromatic rings. The summed E-state index contributed by atoms with van der Waals surface area (Å²) in [5, 5.41) is 13.2. The Labute approximate surface area is 107 Å². The summed E-state index contributed by atoms with van der Waals surface area (Å²) in [4.78, 5) is 0. The van der Waals surface area contributed by atoms with Gasteiger partial charge in [0.1, 0.15) is 11.6 Å². The zero-order valence-electron chi connectivity index (χ0n) is 10.7. The van der Waals surface area contributed by atoms with E-state index in [9.17, 15) is 9.50 Å². The highest BCUT2D eigenvalue weighted by atomic mass is 19.1. The van der Waals surface area contributed by atoms with Gasteiger partial charge in [-0.1, -0.05) is 0 Å². The summed E-state index contributed by atoms with van der Waals surface area (Å²) in [5.41, 5.74) is 6.48. The number of hydrogen-bond donors (Lipinski definition) is 3. The van der Waals surface area contributed by atoms with Crippen molar-refractivity contribution in [2.45, 2.75) is 50.7 Å². The molecule has 0 bridgehead atoms. The molecule has 0 saturated heterocycles. The van der Waals surface area contributed by atoms with Crippen LogP contribution in [0.1, 0.15) is 44.2 Å². The van der Waals surface area contributed by atoms with Crippen molar-refractivity contribution >= 4 is 0 Å². The second-order valence-electron chi connectivity index (χ2n) is 5.20. The topological polar surface area (TPSA) is 58.3 Å². The Hall–Kier alpha value is -1.13. The molecule has 0 aliphatic heterocycles. The van der Waals surface area contributed by atoms with Crippen molar-refractivity contribution in [2.24, 2.45) is 5.73 Å². The van der Waals surface area contributed by atoms with Gasteiger partial charge in [0, 0.05) is 23.7 Å². The molecule has 2 rings (SSSR count). The van der Waals surface area contributed by atoms with Crippen LogP contribution in [0.25, 0.3) is 0 Å². The lowest BCUT2D eigenvalue weighted by atomic mass is 9.91. The van der Waals surface area contributed by atoms with Gasteiger partial charge in [0.2, 0.25) is 0 Å². The lowest BCUT2D eigenvalue weighted by Gasteiger charge is -2.29. The second-order valence-corrected chi connectivity index (χ2v) is 5.20. The molecule has 4 N–H and O–H groups in total. The molecule has 1 aromatic carbocycles. The van der Waals surface area contributed by atoms with Gasteiger partial charge < -0.3 is 16.2 Å². The van der Waals surface area contributed by atoms with Gasteiger partial charge in [-0.25, -0.2) is 4.39 Å². The largest absolute Gasteiger partial charge is 0.508 e. The fraction of sp³-hybridized carbons (Fsp3) is 0.571. The summed E-state index contributed by atoms with van der Waals surface area (Å²) in [6, 6.07) is 4.73. The zero-order valence-corrected chi connectivity index (χ0v) is 10.7. The van der Waals surface area contributed by atoms with Crippen LogP contribution in [0.3, 0.4) is 0 Å². The normalized spacial score (nSPS) is 25.9. The quantitative estimate of drug-likeness (QED) is 0.774. The van der Waals surface area contributed by atoms with Crippen molar-refractivity contribution in [3.8, 4) is 5.75 Å². The molecule has 0 spiro atoms. The van der Waals surface area contributed by atoms with Crippen molar-refractivity contribution in [1.82, 2.24) is 5.32 Å². The van der Waals surface area contributed by atoms with Gasteiger partial charge in [0.05, 0.1) is 0 Å². The predicted molar refractivity (Wildman–Crippen MR) is 69.8 cm³/mol. The van der Waals surface area contributed by atoms with Crippen LogP contribution in [0, 0.1) is 5.82 Å². The number of aromatic hydroxyl groups is 1. The van der Waals surface area contributed by atoms with Gasteiger partial charge in [0.15, 0.2) is 0 Å². The van der Waals surface area contributed by atoms with Crippen LogP contribution in [0.5, 0.6) is 5.75 Å². The van der Waals surface area contributed by atoms with Gasteiger partial charge in [-0.05, 0) is 50.8 Å². The van der Waals surface area contributed by atoms with E-state index in [1.165, 1.54) is 18.2 Å². The number of nitrogens with one attached hydrogen (secondary N) is 1. The predicted octanol–water partition coefficient (Wildman–Crippen LogP) is 2.45. The third-order valence-electron chi connectivity index (χ3n) is 3.71. The van der Waals surface area contributed by atoms with Gasteiger partial charge in [-0.15, -0.1) is 0 Å². The molecule has 1 aliphatic carbocycles. The molecule has 1 aliphatic rings. The number of phenols is 1. The van der Waals surface area contributed by atoms with Gasteiger partial charge in [-0.3, -0.25) is 0 Å². The van der Waals surface area contributed by atoms with E-state index in [2.05, 4.69) is 5.32 Å². The minimum Gasteiger partial charge on any atom is -0.508 e. The molecule has 1 atom stereocenters. The molecule has 1 saturated carbocycles. The first-order valence-corrected chi connectivity index (χ1v) is 6.56. The minimum atomic E-state index is -0.317. The van der Waals surface area contributed by atoms with Crippen LogP contribution in [-0.4, -0.2) is 17.2 Å². The molecule has 0 amide bonds. The smallest absolute Gasteiger partial charge is 0.123 e. The highest BCUT2D eigenvalue weighted by Gasteiger charge is 2.21. The first-order chi connectivity index (χ1) is 8.56. The van der Waals surface area contributed by atoms with Gasteiger partial charge in [0.25, 0.3) is 0 Å². The monoisotopic (exact) mass is 252 g/mol. The summed E-state index contributed by atoms with van der Waals surface area (Å²) in [6.45, 7) is 1.95. The van der Waals surface area contributed by atoms with Crippen molar-refractivity contribution < 1.29 is 9.50 Å². The molecule has 18 heavy (non-hydrogen) atoms. The number of phenolic OH excluding ortho intramolecular Hbond substituents is 1. The minimum absolute atomic E-state index is 0.0555. The Morgan fingerprint density at radius 3 is 2.67 bits per heavy atom. The first-order valence-electron chi connectivity index (χ1n) is 6.56. The van der Waals surface area contributed by atoms with E-state index in [4.69, 9.17) is 5.73 Å². The molecule has 1 unspecified atom stereocenters. The zero-order chi connectivity index (χ0) is 13.1. The van der Waals surface area contributed by atoms with Gasteiger partial charge >= 0.3 is 0 Å². The maximum Gasteiger partial charge on any atom is 0.123 e. The maximum atomic E-state index is 13.2. The molecular weight excluding hydrogens is 231 g/mol. The first kappa shape index (κ1) is 13.3. The van der Waals surface area contributed by atoms with Crippen molar-refractivity contribution in [1.29, 1.82) is 0 Å². The summed E-state index contributed by atoms with van der Waals surface area (Å²) < 4.78 is 13.2. The maximum absolute atomic E-state index is 13.2. The lowest BCUT2D eigenvalue weighted by molar-refractivity contribution is 0.318. The van der Waals surface area contributed by atoms with E-state index in [0.29, 0.717) is 17.6 Å².